The summed E-state index contributed by atoms with van der Waals surface area (Å²) < 4.78 is 23.4. The van der Waals surface area contributed by atoms with Gasteiger partial charge in [-0.25, -0.2) is 0 Å². The van der Waals surface area contributed by atoms with E-state index < -0.39 is 36.4 Å². The minimum atomic E-state index is -0.986. The normalized spacial score (nSPS) is 33.2. The van der Waals surface area contributed by atoms with Crippen LogP contribution >= 0.6 is 0 Å². The number of ether oxygens (including phenoxy) is 4. The van der Waals surface area contributed by atoms with Crippen molar-refractivity contribution in [1.82, 2.24) is 5.32 Å². The van der Waals surface area contributed by atoms with Crippen molar-refractivity contribution in [2.75, 3.05) is 6.61 Å². The average molecular weight is 365 g/mol. The Bertz CT molecular complexity index is 649. The van der Waals surface area contributed by atoms with Gasteiger partial charge in [0.2, 0.25) is 12.2 Å². The minimum Gasteiger partial charge on any atom is -0.463 e. The summed E-state index contributed by atoms with van der Waals surface area (Å²) in [6.07, 6.45) is -2.06. The van der Waals surface area contributed by atoms with Crippen LogP contribution in [0.3, 0.4) is 0 Å². The molecule has 0 aromatic heterocycles. The van der Waals surface area contributed by atoms with Gasteiger partial charge in [0, 0.05) is 6.92 Å². The topological polar surface area (TPSA) is 86.2 Å². The number of fused-ring (bicyclic) bond motifs is 1. The van der Waals surface area contributed by atoms with Gasteiger partial charge in [-0.2, -0.15) is 0 Å². The van der Waals surface area contributed by atoms with Crippen LogP contribution in [0.15, 0.2) is 24.3 Å². The number of aliphatic hydroxyl groups is 1. The highest BCUT2D eigenvalue weighted by atomic mass is 16.8. The molecule has 0 spiro atoms. The molecule has 1 aromatic rings. The van der Waals surface area contributed by atoms with Crippen LogP contribution in [0.4, 0.5) is 0 Å². The molecule has 1 amide bonds. The molecule has 1 aromatic carbocycles. The van der Waals surface area contributed by atoms with Crippen LogP contribution in [-0.4, -0.2) is 54.1 Å². The zero-order valence-corrected chi connectivity index (χ0v) is 15.6. The Kier molecular flexibility index (Phi) is 5.53. The number of hydrogen-bond donors (Lipinski definition) is 2. The van der Waals surface area contributed by atoms with Gasteiger partial charge in [0.25, 0.3) is 0 Å². The molecule has 2 aliphatic heterocycles. The summed E-state index contributed by atoms with van der Waals surface area (Å²) in [6, 6.07) is 6.90. The third kappa shape index (κ3) is 4.17. The molecule has 0 saturated carbocycles. The zero-order valence-electron chi connectivity index (χ0n) is 15.6. The molecular weight excluding hydrogens is 338 g/mol. The predicted octanol–water partition coefficient (Wildman–Crippen LogP) is 1.37. The number of aryl methyl sites for hydroxylation is 1. The second-order valence-corrected chi connectivity index (χ2v) is 7.17. The monoisotopic (exact) mass is 365 g/mol. The van der Waals surface area contributed by atoms with Crippen LogP contribution in [0.25, 0.3) is 0 Å². The van der Waals surface area contributed by atoms with Crippen molar-refractivity contribution in [3.8, 4) is 5.75 Å². The summed E-state index contributed by atoms with van der Waals surface area (Å²) in [7, 11) is 0. The van der Waals surface area contributed by atoms with Gasteiger partial charge in [-0.1, -0.05) is 19.1 Å². The van der Waals surface area contributed by atoms with Crippen LogP contribution in [0.1, 0.15) is 33.3 Å². The number of hydrogen-bond acceptors (Lipinski definition) is 6. The molecule has 2 N–H and O–H groups in total. The molecule has 2 saturated heterocycles. The van der Waals surface area contributed by atoms with Gasteiger partial charge in [0.1, 0.15) is 30.1 Å². The van der Waals surface area contributed by atoms with Crippen LogP contribution in [0.5, 0.6) is 5.75 Å². The molecule has 0 radical (unpaired) electrons. The van der Waals surface area contributed by atoms with E-state index in [4.69, 9.17) is 18.9 Å². The molecule has 7 heteroatoms. The molecule has 2 aliphatic rings. The summed E-state index contributed by atoms with van der Waals surface area (Å²) >= 11 is 0. The van der Waals surface area contributed by atoms with Crippen LogP contribution in [-0.2, 0) is 25.4 Å². The highest BCUT2D eigenvalue weighted by Crippen LogP contribution is 2.33. The van der Waals surface area contributed by atoms with E-state index in [1.54, 1.807) is 13.8 Å². The van der Waals surface area contributed by atoms with Crippen LogP contribution < -0.4 is 10.1 Å². The summed E-state index contributed by atoms with van der Waals surface area (Å²) in [6.45, 7) is 7.28. The van der Waals surface area contributed by atoms with E-state index >= 15 is 0 Å². The number of rotatable bonds is 4. The molecule has 144 valence electrons. The first kappa shape index (κ1) is 19.1. The molecular formula is C19H27NO6. The third-order valence-electron chi connectivity index (χ3n) is 4.62. The molecule has 3 rings (SSSR count). The molecule has 0 bridgehead atoms. The van der Waals surface area contributed by atoms with Crippen molar-refractivity contribution in [3.05, 3.63) is 29.8 Å². The third-order valence-corrected chi connectivity index (χ3v) is 4.62. The number of aliphatic hydroxyl groups excluding tert-OH is 1. The van der Waals surface area contributed by atoms with Gasteiger partial charge >= 0.3 is 0 Å². The van der Waals surface area contributed by atoms with Crippen molar-refractivity contribution in [3.63, 3.8) is 0 Å². The highest BCUT2D eigenvalue weighted by molar-refractivity contribution is 5.73. The molecule has 5 atom stereocenters. The van der Waals surface area contributed by atoms with E-state index in [1.807, 2.05) is 24.3 Å². The Balaban J connectivity index is 1.81. The van der Waals surface area contributed by atoms with Gasteiger partial charge in [-0.05, 0) is 38.0 Å². The van der Waals surface area contributed by atoms with Gasteiger partial charge in [0.05, 0.1) is 6.61 Å². The zero-order chi connectivity index (χ0) is 18.9. The lowest BCUT2D eigenvalue weighted by Gasteiger charge is -2.49. The fourth-order valence-electron chi connectivity index (χ4n) is 3.31. The lowest BCUT2D eigenvalue weighted by atomic mass is 9.95. The van der Waals surface area contributed by atoms with E-state index in [1.165, 1.54) is 6.92 Å². The molecule has 0 aliphatic carbocycles. The van der Waals surface area contributed by atoms with Crippen molar-refractivity contribution >= 4 is 5.91 Å². The fraction of sp³-hybridized carbons (Fsp3) is 0.632. The minimum absolute atomic E-state index is 0.274. The first-order valence-electron chi connectivity index (χ1n) is 8.97. The van der Waals surface area contributed by atoms with E-state index in [2.05, 4.69) is 12.2 Å². The number of benzene rings is 1. The van der Waals surface area contributed by atoms with Crippen molar-refractivity contribution < 1.29 is 28.8 Å². The van der Waals surface area contributed by atoms with Gasteiger partial charge in [-0.15, -0.1) is 0 Å². The van der Waals surface area contributed by atoms with E-state index in [9.17, 15) is 9.90 Å². The molecule has 0 unspecified atom stereocenters. The van der Waals surface area contributed by atoms with Crippen molar-refractivity contribution in [2.24, 2.45) is 0 Å². The Morgan fingerprint density at radius 2 is 2.19 bits per heavy atom. The van der Waals surface area contributed by atoms with Gasteiger partial charge in [0.15, 0.2) is 5.79 Å². The first-order chi connectivity index (χ1) is 12.3. The predicted molar refractivity (Wildman–Crippen MR) is 93.6 cm³/mol. The largest absolute Gasteiger partial charge is 0.463 e. The number of amides is 1. The maximum Gasteiger partial charge on any atom is 0.223 e. The smallest absolute Gasteiger partial charge is 0.223 e. The Labute approximate surface area is 153 Å². The molecule has 7 nitrogen and oxygen atoms in total. The number of carbonyl (C=O) groups is 1. The summed E-state index contributed by atoms with van der Waals surface area (Å²) in [5, 5.41) is 13.6. The molecule has 2 fully saturated rings. The maximum absolute atomic E-state index is 11.6. The lowest BCUT2D eigenvalue weighted by molar-refractivity contribution is -0.361. The molecule has 26 heavy (non-hydrogen) atoms. The maximum atomic E-state index is 11.6. The second kappa shape index (κ2) is 7.52. The van der Waals surface area contributed by atoms with Crippen LogP contribution in [0, 0.1) is 0 Å². The van der Waals surface area contributed by atoms with Crippen molar-refractivity contribution in [2.45, 2.75) is 70.5 Å². The highest BCUT2D eigenvalue weighted by Gasteiger charge is 2.52. The van der Waals surface area contributed by atoms with E-state index in [0.29, 0.717) is 5.75 Å². The van der Waals surface area contributed by atoms with Crippen molar-refractivity contribution in [1.29, 1.82) is 0 Å². The Hall–Kier alpha value is -1.67. The first-order valence-corrected chi connectivity index (χ1v) is 8.97. The summed E-state index contributed by atoms with van der Waals surface area (Å²) in [5.74, 6) is -0.484. The Morgan fingerprint density at radius 1 is 1.42 bits per heavy atom. The van der Waals surface area contributed by atoms with Gasteiger partial charge in [-0.3, -0.25) is 4.79 Å². The second-order valence-electron chi connectivity index (χ2n) is 7.17. The quantitative estimate of drug-likeness (QED) is 0.838. The van der Waals surface area contributed by atoms with E-state index in [-0.39, 0.29) is 12.5 Å². The SMILES string of the molecule is CCc1cccc(O[C@@H]2O[C@H]3COC(C)(C)O[C@@H]3[C@@H](O)[C@@H]2NC(C)=O)c1. The summed E-state index contributed by atoms with van der Waals surface area (Å²) in [5.41, 5.74) is 1.12. The summed E-state index contributed by atoms with van der Waals surface area (Å²) in [4.78, 5) is 11.6. The van der Waals surface area contributed by atoms with Gasteiger partial charge < -0.3 is 29.4 Å². The standard InChI is InChI=1S/C19H27NO6/c1-5-12-7-6-8-13(9-12)24-18-15(20-11(2)21)16(22)17-14(25-18)10-23-19(3,4)26-17/h6-9,14-18,22H,5,10H2,1-4H3,(H,20,21)/t14-,15-,16-,17-,18+/m0/s1. The Morgan fingerprint density at radius 3 is 2.88 bits per heavy atom. The lowest BCUT2D eigenvalue weighted by Crippen LogP contribution is -2.69. The van der Waals surface area contributed by atoms with Crippen LogP contribution in [0.2, 0.25) is 0 Å². The average Bonchev–Trinajstić information content (AvgIpc) is 2.58. The number of nitrogens with one attached hydrogen (secondary N) is 1. The number of carbonyl (C=O) groups excluding carboxylic acids is 1. The molecule has 2 heterocycles. The van der Waals surface area contributed by atoms with E-state index in [0.717, 1.165) is 12.0 Å². The fourth-order valence-corrected chi connectivity index (χ4v) is 3.31.